The number of aryl methyl sites for hydroxylation is 1. The fourth-order valence-corrected chi connectivity index (χ4v) is 2.58. The Morgan fingerprint density at radius 1 is 1.38 bits per heavy atom. The molecular formula is C15H16ClN3OS. The van der Waals surface area contributed by atoms with Crippen molar-refractivity contribution in [3.8, 4) is 0 Å². The number of hydrogen-bond acceptors (Lipinski definition) is 4. The van der Waals surface area contributed by atoms with Gasteiger partial charge in [0.2, 0.25) is 5.91 Å². The molecule has 0 aliphatic carbocycles. The molecule has 1 atom stereocenters. The van der Waals surface area contributed by atoms with Crippen LogP contribution in [0.2, 0.25) is 5.02 Å². The Labute approximate surface area is 133 Å². The van der Waals surface area contributed by atoms with E-state index in [9.17, 15) is 4.79 Å². The Hall–Kier alpha value is -1.72. The number of hydrogen-bond donors (Lipinski definition) is 2. The van der Waals surface area contributed by atoms with Crippen LogP contribution in [0.4, 0.5) is 11.4 Å². The molecule has 4 nitrogen and oxygen atoms in total. The van der Waals surface area contributed by atoms with Crippen molar-refractivity contribution in [3.05, 3.63) is 47.1 Å². The maximum atomic E-state index is 12.2. The molecule has 1 aromatic heterocycles. The number of benzene rings is 1. The highest BCUT2D eigenvalue weighted by atomic mass is 35.5. The Kier molecular flexibility index (Phi) is 5.09. The van der Waals surface area contributed by atoms with Crippen molar-refractivity contribution in [1.82, 2.24) is 4.98 Å². The quantitative estimate of drug-likeness (QED) is 0.842. The van der Waals surface area contributed by atoms with Crippen molar-refractivity contribution in [2.75, 3.05) is 11.1 Å². The van der Waals surface area contributed by atoms with E-state index in [2.05, 4.69) is 10.3 Å². The lowest BCUT2D eigenvalue weighted by molar-refractivity contribution is -0.115. The summed E-state index contributed by atoms with van der Waals surface area (Å²) in [5.74, 6) is -0.0986. The number of nitrogen functional groups attached to an aromatic ring is 1. The molecule has 21 heavy (non-hydrogen) atoms. The van der Waals surface area contributed by atoms with Gasteiger partial charge in [-0.25, -0.2) is 4.98 Å². The standard InChI is InChI=1S/C15H16ClN3OS/c1-9-3-5-12(7-13(9)16)19-15(20)10(2)21-14-6-4-11(17)8-18-14/h3-8,10H,17H2,1-2H3,(H,19,20). The summed E-state index contributed by atoms with van der Waals surface area (Å²) in [6.45, 7) is 3.74. The Balaban J connectivity index is 1.98. The molecule has 0 saturated carbocycles. The largest absolute Gasteiger partial charge is 0.397 e. The van der Waals surface area contributed by atoms with Crippen molar-refractivity contribution >= 4 is 40.6 Å². The van der Waals surface area contributed by atoms with E-state index < -0.39 is 0 Å². The lowest BCUT2D eigenvalue weighted by Gasteiger charge is -2.12. The molecule has 110 valence electrons. The van der Waals surface area contributed by atoms with Gasteiger partial charge in [0.25, 0.3) is 0 Å². The average Bonchev–Trinajstić information content (AvgIpc) is 2.45. The summed E-state index contributed by atoms with van der Waals surface area (Å²) in [4.78, 5) is 16.3. The molecule has 0 spiro atoms. The molecule has 0 fully saturated rings. The summed E-state index contributed by atoms with van der Waals surface area (Å²) >= 11 is 7.42. The van der Waals surface area contributed by atoms with Gasteiger partial charge < -0.3 is 11.1 Å². The van der Waals surface area contributed by atoms with Gasteiger partial charge >= 0.3 is 0 Å². The summed E-state index contributed by atoms with van der Waals surface area (Å²) < 4.78 is 0. The number of pyridine rings is 1. The number of thioether (sulfide) groups is 1. The summed E-state index contributed by atoms with van der Waals surface area (Å²) in [5, 5.41) is 3.96. The first-order valence-corrected chi connectivity index (χ1v) is 7.66. The Morgan fingerprint density at radius 2 is 2.14 bits per heavy atom. The lowest BCUT2D eigenvalue weighted by Crippen LogP contribution is -2.22. The number of halogens is 1. The minimum absolute atomic E-state index is 0.0986. The average molecular weight is 322 g/mol. The third-order valence-electron chi connectivity index (χ3n) is 2.87. The van der Waals surface area contributed by atoms with Crippen LogP contribution in [0.5, 0.6) is 0 Å². The van der Waals surface area contributed by atoms with Crippen molar-refractivity contribution < 1.29 is 4.79 Å². The van der Waals surface area contributed by atoms with Crippen molar-refractivity contribution in [2.45, 2.75) is 24.1 Å². The van der Waals surface area contributed by atoms with Crippen LogP contribution in [0.3, 0.4) is 0 Å². The van der Waals surface area contributed by atoms with Gasteiger partial charge in [0.05, 0.1) is 22.2 Å². The second-order valence-electron chi connectivity index (χ2n) is 4.64. The van der Waals surface area contributed by atoms with Gasteiger partial charge in [-0.2, -0.15) is 0 Å². The normalized spacial score (nSPS) is 12.0. The molecule has 2 aromatic rings. The highest BCUT2D eigenvalue weighted by Gasteiger charge is 2.15. The third kappa shape index (κ3) is 4.37. The monoisotopic (exact) mass is 321 g/mol. The second-order valence-corrected chi connectivity index (χ2v) is 6.41. The summed E-state index contributed by atoms with van der Waals surface area (Å²) in [7, 11) is 0. The molecule has 0 saturated heterocycles. The Morgan fingerprint density at radius 3 is 2.76 bits per heavy atom. The van der Waals surface area contributed by atoms with Crippen LogP contribution in [0, 0.1) is 6.92 Å². The number of nitrogens with one attached hydrogen (secondary N) is 1. The van der Waals surface area contributed by atoms with Crippen LogP contribution in [0.25, 0.3) is 0 Å². The highest BCUT2D eigenvalue weighted by molar-refractivity contribution is 8.00. The van der Waals surface area contributed by atoms with Gasteiger partial charge in [-0.15, -0.1) is 0 Å². The first-order chi connectivity index (χ1) is 9.95. The van der Waals surface area contributed by atoms with Crippen LogP contribution in [0.15, 0.2) is 41.6 Å². The number of anilines is 2. The highest BCUT2D eigenvalue weighted by Crippen LogP contribution is 2.24. The SMILES string of the molecule is Cc1ccc(NC(=O)C(C)Sc2ccc(N)cn2)cc1Cl. The zero-order valence-corrected chi connectivity index (χ0v) is 13.3. The maximum absolute atomic E-state index is 12.2. The number of rotatable bonds is 4. The summed E-state index contributed by atoms with van der Waals surface area (Å²) in [5.41, 5.74) is 7.85. The van der Waals surface area contributed by atoms with Crippen molar-refractivity contribution in [1.29, 1.82) is 0 Å². The fraction of sp³-hybridized carbons (Fsp3) is 0.200. The van der Waals surface area contributed by atoms with Gasteiger partial charge in [0.1, 0.15) is 0 Å². The van der Waals surface area contributed by atoms with E-state index in [-0.39, 0.29) is 11.2 Å². The zero-order valence-electron chi connectivity index (χ0n) is 11.8. The number of carbonyl (C=O) groups is 1. The fourth-order valence-electron chi connectivity index (χ4n) is 1.61. The van der Waals surface area contributed by atoms with E-state index in [1.165, 1.54) is 11.8 Å². The number of aromatic nitrogens is 1. The van der Waals surface area contributed by atoms with Crippen LogP contribution in [-0.4, -0.2) is 16.1 Å². The van der Waals surface area contributed by atoms with Crippen LogP contribution < -0.4 is 11.1 Å². The molecule has 2 rings (SSSR count). The number of nitrogens with two attached hydrogens (primary N) is 1. The first kappa shape index (κ1) is 15.7. The minimum atomic E-state index is -0.277. The molecule has 0 aliphatic rings. The summed E-state index contributed by atoms with van der Waals surface area (Å²) in [6.07, 6.45) is 1.58. The van der Waals surface area contributed by atoms with Crippen molar-refractivity contribution in [2.24, 2.45) is 0 Å². The van der Waals surface area contributed by atoms with Crippen molar-refractivity contribution in [3.63, 3.8) is 0 Å². The predicted molar refractivity (Wildman–Crippen MR) is 88.8 cm³/mol. The molecule has 1 aromatic carbocycles. The minimum Gasteiger partial charge on any atom is -0.397 e. The van der Waals surface area contributed by atoms with E-state index in [0.29, 0.717) is 16.4 Å². The number of amides is 1. The van der Waals surface area contributed by atoms with E-state index in [0.717, 1.165) is 10.6 Å². The smallest absolute Gasteiger partial charge is 0.237 e. The lowest BCUT2D eigenvalue weighted by atomic mass is 10.2. The van der Waals surface area contributed by atoms with Crippen LogP contribution in [-0.2, 0) is 4.79 Å². The van der Waals surface area contributed by atoms with E-state index >= 15 is 0 Å². The van der Waals surface area contributed by atoms with Gasteiger partial charge in [-0.1, -0.05) is 29.4 Å². The molecular weight excluding hydrogens is 306 g/mol. The molecule has 1 heterocycles. The van der Waals surface area contributed by atoms with E-state index in [1.54, 1.807) is 24.4 Å². The van der Waals surface area contributed by atoms with Crippen LogP contribution in [0.1, 0.15) is 12.5 Å². The van der Waals surface area contributed by atoms with E-state index in [4.69, 9.17) is 17.3 Å². The molecule has 3 N–H and O–H groups in total. The van der Waals surface area contributed by atoms with Gasteiger partial charge in [0, 0.05) is 10.7 Å². The Bertz CT molecular complexity index is 646. The topological polar surface area (TPSA) is 68.0 Å². The molecule has 0 aliphatic heterocycles. The number of nitrogens with zero attached hydrogens (tertiary/aromatic N) is 1. The third-order valence-corrected chi connectivity index (χ3v) is 4.32. The molecule has 0 radical (unpaired) electrons. The first-order valence-electron chi connectivity index (χ1n) is 6.41. The predicted octanol–water partition coefficient (Wildman–Crippen LogP) is 3.74. The zero-order chi connectivity index (χ0) is 15.4. The number of carbonyl (C=O) groups excluding carboxylic acids is 1. The van der Waals surface area contributed by atoms with Crippen LogP contribution >= 0.6 is 23.4 Å². The molecule has 0 bridgehead atoms. The van der Waals surface area contributed by atoms with Gasteiger partial charge in [-0.05, 0) is 43.7 Å². The van der Waals surface area contributed by atoms with Gasteiger partial charge in [-0.3, -0.25) is 4.79 Å². The second kappa shape index (κ2) is 6.83. The molecule has 1 unspecified atom stereocenters. The van der Waals surface area contributed by atoms with Gasteiger partial charge in [0.15, 0.2) is 0 Å². The maximum Gasteiger partial charge on any atom is 0.237 e. The molecule has 6 heteroatoms. The molecule has 1 amide bonds. The van der Waals surface area contributed by atoms with E-state index in [1.807, 2.05) is 26.0 Å². The summed E-state index contributed by atoms with van der Waals surface area (Å²) in [6, 6.07) is 9.01.